The normalized spacial score (nSPS) is 14.2. The third-order valence-corrected chi connectivity index (χ3v) is 4.08. The molecule has 2 aromatic rings. The SMILES string of the molecule is CC(CC(=O)N1CCc2ccccc21)NC(=O)c1ccccc1. The molecule has 0 bridgehead atoms. The smallest absolute Gasteiger partial charge is 0.251 e. The van der Waals surface area contributed by atoms with Gasteiger partial charge in [-0.1, -0.05) is 36.4 Å². The molecule has 0 aliphatic carbocycles. The molecule has 0 spiro atoms. The molecule has 1 unspecified atom stereocenters. The lowest BCUT2D eigenvalue weighted by Crippen LogP contribution is -2.38. The summed E-state index contributed by atoms with van der Waals surface area (Å²) in [6.45, 7) is 2.58. The second-order valence-corrected chi connectivity index (χ2v) is 5.87. The van der Waals surface area contributed by atoms with Crippen LogP contribution in [0.4, 0.5) is 5.69 Å². The Hall–Kier alpha value is -2.62. The van der Waals surface area contributed by atoms with Crippen LogP contribution in [0, 0.1) is 0 Å². The lowest BCUT2D eigenvalue weighted by Gasteiger charge is -2.20. The molecular weight excluding hydrogens is 288 g/mol. The molecule has 118 valence electrons. The number of nitrogens with one attached hydrogen (secondary N) is 1. The van der Waals surface area contributed by atoms with Crippen LogP contribution in [0.5, 0.6) is 0 Å². The average molecular weight is 308 g/mol. The predicted molar refractivity (Wildman–Crippen MR) is 90.5 cm³/mol. The predicted octanol–water partition coefficient (Wildman–Crippen LogP) is 2.78. The molecule has 2 amide bonds. The van der Waals surface area contributed by atoms with Gasteiger partial charge in [0.05, 0.1) is 0 Å². The van der Waals surface area contributed by atoms with Crippen molar-refractivity contribution in [1.29, 1.82) is 0 Å². The summed E-state index contributed by atoms with van der Waals surface area (Å²) in [6, 6.07) is 16.8. The van der Waals surface area contributed by atoms with Crippen LogP contribution < -0.4 is 10.2 Å². The van der Waals surface area contributed by atoms with Crippen molar-refractivity contribution in [1.82, 2.24) is 5.32 Å². The molecule has 1 N–H and O–H groups in total. The number of rotatable bonds is 4. The van der Waals surface area contributed by atoms with E-state index in [4.69, 9.17) is 0 Å². The van der Waals surface area contributed by atoms with E-state index in [1.807, 2.05) is 48.2 Å². The van der Waals surface area contributed by atoms with Crippen LogP contribution in [0.25, 0.3) is 0 Å². The largest absolute Gasteiger partial charge is 0.349 e. The number of fused-ring (bicyclic) bond motifs is 1. The lowest BCUT2D eigenvalue weighted by molar-refractivity contribution is -0.118. The minimum atomic E-state index is -0.206. The van der Waals surface area contributed by atoms with E-state index >= 15 is 0 Å². The summed E-state index contributed by atoms with van der Waals surface area (Å²) < 4.78 is 0. The Balaban J connectivity index is 1.59. The van der Waals surface area contributed by atoms with E-state index < -0.39 is 0 Å². The number of carbonyl (C=O) groups excluding carboxylic acids is 2. The fourth-order valence-corrected chi connectivity index (χ4v) is 2.92. The quantitative estimate of drug-likeness (QED) is 0.944. The molecule has 4 nitrogen and oxygen atoms in total. The van der Waals surface area contributed by atoms with Crippen LogP contribution in [0.3, 0.4) is 0 Å². The number of hydrogen-bond acceptors (Lipinski definition) is 2. The average Bonchev–Trinajstić information content (AvgIpc) is 2.99. The zero-order valence-corrected chi connectivity index (χ0v) is 13.2. The van der Waals surface area contributed by atoms with Crippen LogP contribution in [-0.4, -0.2) is 24.4 Å². The third kappa shape index (κ3) is 3.42. The van der Waals surface area contributed by atoms with Crippen LogP contribution >= 0.6 is 0 Å². The van der Waals surface area contributed by atoms with Gasteiger partial charge < -0.3 is 10.2 Å². The third-order valence-electron chi connectivity index (χ3n) is 4.08. The minimum Gasteiger partial charge on any atom is -0.349 e. The molecule has 0 fully saturated rings. The van der Waals surface area contributed by atoms with Crippen LogP contribution in [0.15, 0.2) is 54.6 Å². The van der Waals surface area contributed by atoms with E-state index in [0.29, 0.717) is 12.0 Å². The summed E-state index contributed by atoms with van der Waals surface area (Å²) in [4.78, 5) is 26.5. The van der Waals surface area contributed by atoms with Gasteiger partial charge in [0.25, 0.3) is 5.91 Å². The van der Waals surface area contributed by atoms with E-state index in [9.17, 15) is 9.59 Å². The number of hydrogen-bond donors (Lipinski definition) is 1. The van der Waals surface area contributed by atoms with Gasteiger partial charge in [-0.2, -0.15) is 0 Å². The number of anilines is 1. The zero-order valence-electron chi connectivity index (χ0n) is 13.2. The van der Waals surface area contributed by atoms with E-state index in [2.05, 4.69) is 11.4 Å². The fraction of sp³-hybridized carbons (Fsp3) is 0.263. The van der Waals surface area contributed by atoms with E-state index in [0.717, 1.165) is 18.7 Å². The van der Waals surface area contributed by atoms with Gasteiger partial charge in [-0.3, -0.25) is 9.59 Å². The number of nitrogens with zero attached hydrogens (tertiary/aromatic N) is 1. The van der Waals surface area contributed by atoms with Gasteiger partial charge in [0, 0.05) is 30.3 Å². The number of benzene rings is 2. The second kappa shape index (κ2) is 6.65. The maximum atomic E-state index is 12.5. The van der Waals surface area contributed by atoms with Crippen molar-refractivity contribution >= 4 is 17.5 Å². The van der Waals surface area contributed by atoms with Gasteiger partial charge in [0.15, 0.2) is 0 Å². The molecule has 1 aliphatic rings. The Morgan fingerprint density at radius 2 is 1.78 bits per heavy atom. The highest BCUT2D eigenvalue weighted by Crippen LogP contribution is 2.28. The summed E-state index contributed by atoms with van der Waals surface area (Å²) in [5.74, 6) is -0.0940. The summed E-state index contributed by atoms with van der Waals surface area (Å²) in [7, 11) is 0. The van der Waals surface area contributed by atoms with E-state index in [1.165, 1.54) is 5.56 Å². The van der Waals surface area contributed by atoms with Crippen molar-refractivity contribution in [3.8, 4) is 0 Å². The first-order valence-corrected chi connectivity index (χ1v) is 7.89. The first kappa shape index (κ1) is 15.3. The minimum absolute atomic E-state index is 0.0517. The Bertz CT molecular complexity index is 712. The van der Waals surface area contributed by atoms with Gasteiger partial charge in [0.2, 0.25) is 5.91 Å². The molecule has 23 heavy (non-hydrogen) atoms. The first-order chi connectivity index (χ1) is 11.1. The van der Waals surface area contributed by atoms with Crippen LogP contribution in [-0.2, 0) is 11.2 Å². The Labute approximate surface area is 136 Å². The van der Waals surface area contributed by atoms with Crippen molar-refractivity contribution in [3.05, 3.63) is 65.7 Å². The number of para-hydroxylation sites is 1. The maximum Gasteiger partial charge on any atom is 0.251 e. The molecule has 1 aliphatic heterocycles. The van der Waals surface area contributed by atoms with Crippen molar-refractivity contribution in [2.75, 3.05) is 11.4 Å². The van der Waals surface area contributed by atoms with Gasteiger partial charge in [-0.05, 0) is 37.1 Å². The number of amides is 2. The second-order valence-electron chi connectivity index (χ2n) is 5.87. The summed E-state index contributed by atoms with van der Waals surface area (Å²) in [6.07, 6.45) is 1.19. The van der Waals surface area contributed by atoms with E-state index in [-0.39, 0.29) is 17.9 Å². The lowest BCUT2D eigenvalue weighted by atomic mass is 10.1. The molecule has 0 aromatic heterocycles. The van der Waals surface area contributed by atoms with Crippen molar-refractivity contribution < 1.29 is 9.59 Å². The molecular formula is C19H20N2O2. The molecule has 0 radical (unpaired) electrons. The summed E-state index contributed by atoms with van der Waals surface area (Å²) >= 11 is 0. The zero-order chi connectivity index (χ0) is 16.2. The highest BCUT2D eigenvalue weighted by molar-refractivity contribution is 5.97. The Kier molecular flexibility index (Phi) is 4.42. The molecule has 4 heteroatoms. The molecule has 1 heterocycles. The van der Waals surface area contributed by atoms with Crippen LogP contribution in [0.2, 0.25) is 0 Å². The van der Waals surface area contributed by atoms with Gasteiger partial charge in [-0.25, -0.2) is 0 Å². The molecule has 3 rings (SSSR count). The monoisotopic (exact) mass is 308 g/mol. The highest BCUT2D eigenvalue weighted by Gasteiger charge is 2.25. The molecule has 1 atom stereocenters. The topological polar surface area (TPSA) is 49.4 Å². The van der Waals surface area contributed by atoms with Gasteiger partial charge in [0.1, 0.15) is 0 Å². The van der Waals surface area contributed by atoms with Crippen molar-refractivity contribution in [2.45, 2.75) is 25.8 Å². The van der Waals surface area contributed by atoms with Crippen molar-refractivity contribution in [2.24, 2.45) is 0 Å². The van der Waals surface area contributed by atoms with Crippen molar-refractivity contribution in [3.63, 3.8) is 0 Å². The van der Waals surface area contributed by atoms with Gasteiger partial charge >= 0.3 is 0 Å². The fourth-order valence-electron chi connectivity index (χ4n) is 2.92. The van der Waals surface area contributed by atoms with Gasteiger partial charge in [-0.15, -0.1) is 0 Å². The summed E-state index contributed by atoms with van der Waals surface area (Å²) in [5, 5.41) is 2.89. The highest BCUT2D eigenvalue weighted by atomic mass is 16.2. The molecule has 2 aromatic carbocycles. The van der Waals surface area contributed by atoms with Crippen LogP contribution in [0.1, 0.15) is 29.3 Å². The molecule has 0 saturated carbocycles. The molecule has 0 saturated heterocycles. The first-order valence-electron chi connectivity index (χ1n) is 7.89. The summed E-state index contributed by atoms with van der Waals surface area (Å²) in [5.41, 5.74) is 2.82. The van der Waals surface area contributed by atoms with E-state index in [1.54, 1.807) is 12.1 Å². The number of carbonyl (C=O) groups is 2. The standard InChI is InChI=1S/C19H20N2O2/c1-14(20-19(23)16-8-3-2-4-9-16)13-18(22)21-12-11-15-7-5-6-10-17(15)21/h2-10,14H,11-13H2,1H3,(H,20,23). The Morgan fingerprint density at radius 3 is 2.57 bits per heavy atom. The Morgan fingerprint density at radius 1 is 1.09 bits per heavy atom. The maximum absolute atomic E-state index is 12.5.